The molecule has 2 aromatic carbocycles. The van der Waals surface area contributed by atoms with Crippen LogP contribution in [0.25, 0.3) is 10.9 Å². The number of hydrogen-bond acceptors (Lipinski definition) is 6. The van der Waals surface area contributed by atoms with Gasteiger partial charge in [-0.15, -0.1) is 0 Å². The average Bonchev–Trinajstić information content (AvgIpc) is 3.19. The maximum atomic E-state index is 13.9. The smallest absolute Gasteiger partial charge is 0.410 e. The summed E-state index contributed by atoms with van der Waals surface area (Å²) in [5, 5.41) is 3.77. The van der Waals surface area contributed by atoms with E-state index >= 15 is 0 Å². The van der Waals surface area contributed by atoms with Gasteiger partial charge in [0.15, 0.2) is 0 Å². The molecule has 4 bridgehead atoms. The van der Waals surface area contributed by atoms with Crippen LogP contribution in [0.5, 0.6) is 11.5 Å². The van der Waals surface area contributed by atoms with E-state index in [0.717, 1.165) is 55.5 Å². The second-order valence-electron chi connectivity index (χ2n) is 11.5. The molecule has 0 radical (unpaired) electrons. The van der Waals surface area contributed by atoms with E-state index in [0.29, 0.717) is 35.9 Å². The molecular formula is C31H38N4O4. The molecule has 7 rings (SSSR count). The number of piperidine rings is 2. The Hall–Kier alpha value is -3.36. The van der Waals surface area contributed by atoms with Crippen LogP contribution in [-0.4, -0.2) is 72.9 Å². The first-order valence-electron chi connectivity index (χ1n) is 14.2. The number of nitrogens with zero attached hydrogens (tertiary/aromatic N) is 3. The lowest BCUT2D eigenvalue weighted by Crippen LogP contribution is -2.56. The van der Waals surface area contributed by atoms with Crippen molar-refractivity contribution in [1.29, 1.82) is 0 Å². The summed E-state index contributed by atoms with van der Waals surface area (Å²) in [6.07, 6.45) is 3.52. The first-order chi connectivity index (χ1) is 18.9. The van der Waals surface area contributed by atoms with Crippen molar-refractivity contribution >= 4 is 23.1 Å². The molecule has 1 amide bonds. The lowest BCUT2D eigenvalue weighted by atomic mass is 9.65. The van der Waals surface area contributed by atoms with Crippen molar-refractivity contribution in [3.8, 4) is 11.5 Å². The topological polar surface area (TPSA) is 76.0 Å². The molecule has 206 valence electrons. The van der Waals surface area contributed by atoms with Gasteiger partial charge in [-0.05, 0) is 81.1 Å². The van der Waals surface area contributed by atoms with Gasteiger partial charge in [-0.25, -0.2) is 14.2 Å². The molecule has 1 aromatic heterocycles. The second-order valence-corrected chi connectivity index (χ2v) is 11.5. The Bertz CT molecular complexity index is 1370. The van der Waals surface area contributed by atoms with Gasteiger partial charge in [0.05, 0.1) is 5.52 Å². The summed E-state index contributed by atoms with van der Waals surface area (Å²) in [5.74, 6) is 2.56. The lowest BCUT2D eigenvalue weighted by molar-refractivity contribution is -0.0139. The molecule has 3 aliphatic heterocycles. The first-order valence-corrected chi connectivity index (χ1v) is 14.2. The molecule has 39 heavy (non-hydrogen) atoms. The Kier molecular flexibility index (Phi) is 7.08. The monoisotopic (exact) mass is 530 g/mol. The largest absolute Gasteiger partial charge is 0.424 e. The van der Waals surface area contributed by atoms with Gasteiger partial charge in [0.2, 0.25) is 0 Å². The molecule has 2 saturated heterocycles. The standard InChI is InChI=1S/C31H38N4O4/c1-4-21-16-20-17-26-28(21)34(19-20)14-12-24-25-18-23(38-30(36)32-13-15-33(2)3)10-11-27(25)35(29(24)26)31(37)39-22-8-6-5-7-9-22/h5-11,18,20-21,26,28H,4,12-17,19H2,1-3H3,(H,32,36)/t20-,21+,26-,28+/m1/s1. The molecule has 8 heteroatoms. The van der Waals surface area contributed by atoms with E-state index in [1.165, 1.54) is 12.0 Å². The number of benzene rings is 2. The minimum absolute atomic E-state index is 0.273. The fourth-order valence-electron chi connectivity index (χ4n) is 7.25. The van der Waals surface area contributed by atoms with Gasteiger partial charge in [-0.2, -0.15) is 0 Å². The summed E-state index contributed by atoms with van der Waals surface area (Å²) >= 11 is 0. The van der Waals surface area contributed by atoms with Crippen molar-refractivity contribution in [3.05, 3.63) is 59.8 Å². The molecule has 0 spiro atoms. The van der Waals surface area contributed by atoms with Crippen molar-refractivity contribution in [3.63, 3.8) is 0 Å². The number of para-hydroxylation sites is 1. The van der Waals surface area contributed by atoms with E-state index < -0.39 is 6.09 Å². The van der Waals surface area contributed by atoms with Crippen molar-refractivity contribution in [2.24, 2.45) is 11.8 Å². The summed E-state index contributed by atoms with van der Waals surface area (Å²) < 4.78 is 13.4. The predicted molar refractivity (Wildman–Crippen MR) is 151 cm³/mol. The third-order valence-corrected chi connectivity index (χ3v) is 8.81. The summed E-state index contributed by atoms with van der Waals surface area (Å²) in [6, 6.07) is 15.3. The maximum Gasteiger partial charge on any atom is 0.424 e. The summed E-state index contributed by atoms with van der Waals surface area (Å²) in [7, 11) is 3.92. The zero-order valence-corrected chi connectivity index (χ0v) is 23.1. The Labute approximate surface area is 229 Å². The number of aromatic nitrogens is 1. The molecule has 1 unspecified atom stereocenters. The van der Waals surface area contributed by atoms with Crippen molar-refractivity contribution in [2.45, 2.75) is 44.6 Å². The van der Waals surface area contributed by atoms with Gasteiger partial charge in [0.25, 0.3) is 0 Å². The number of carbonyl (C=O) groups excluding carboxylic acids is 2. The molecule has 3 aromatic rings. The highest BCUT2D eigenvalue weighted by Crippen LogP contribution is 2.52. The van der Waals surface area contributed by atoms with Crippen LogP contribution in [0.2, 0.25) is 0 Å². The molecule has 1 saturated carbocycles. The Balaban J connectivity index is 1.40. The van der Waals surface area contributed by atoms with Gasteiger partial charge in [-0.3, -0.25) is 4.90 Å². The minimum atomic E-state index is -0.477. The number of nitrogens with one attached hydrogen (secondary N) is 1. The van der Waals surface area contributed by atoms with Crippen LogP contribution in [-0.2, 0) is 6.42 Å². The Morgan fingerprint density at radius 3 is 2.64 bits per heavy atom. The fraction of sp³-hybridized carbons (Fsp3) is 0.484. The minimum Gasteiger partial charge on any atom is -0.410 e. The molecule has 8 nitrogen and oxygen atoms in total. The van der Waals surface area contributed by atoms with Crippen molar-refractivity contribution in [1.82, 2.24) is 19.7 Å². The van der Waals surface area contributed by atoms with Gasteiger partial charge < -0.3 is 19.7 Å². The molecule has 3 fully saturated rings. The maximum absolute atomic E-state index is 13.9. The molecular weight excluding hydrogens is 492 g/mol. The molecule has 1 N–H and O–H groups in total. The highest BCUT2D eigenvalue weighted by molar-refractivity contribution is 5.95. The average molecular weight is 531 g/mol. The summed E-state index contributed by atoms with van der Waals surface area (Å²) in [4.78, 5) is 31.0. The van der Waals surface area contributed by atoms with Gasteiger partial charge in [0, 0.05) is 49.2 Å². The van der Waals surface area contributed by atoms with Gasteiger partial charge >= 0.3 is 12.2 Å². The highest BCUT2D eigenvalue weighted by Gasteiger charge is 2.50. The third-order valence-electron chi connectivity index (χ3n) is 8.81. The summed E-state index contributed by atoms with van der Waals surface area (Å²) in [5.41, 5.74) is 3.08. The second kappa shape index (κ2) is 10.7. The summed E-state index contributed by atoms with van der Waals surface area (Å²) in [6.45, 7) is 5.66. The zero-order valence-electron chi connectivity index (χ0n) is 23.1. The number of ether oxygens (including phenoxy) is 2. The number of fused-ring (bicyclic) bond motifs is 4. The normalized spacial score (nSPS) is 25.3. The van der Waals surface area contributed by atoms with Gasteiger partial charge in [-0.1, -0.05) is 31.5 Å². The Morgan fingerprint density at radius 1 is 1.05 bits per heavy atom. The molecule has 4 aliphatic rings. The van der Waals surface area contributed by atoms with E-state index in [2.05, 4.69) is 17.1 Å². The quantitative estimate of drug-likeness (QED) is 0.478. The highest BCUT2D eigenvalue weighted by atomic mass is 16.6. The number of likely N-dealkylation sites (N-methyl/N-ethyl adjacent to an activating group) is 1. The first kappa shape index (κ1) is 25.9. The molecule has 1 aliphatic carbocycles. The number of carbonyl (C=O) groups is 2. The van der Waals surface area contributed by atoms with E-state index in [1.54, 1.807) is 18.2 Å². The number of hydrogen-bond donors (Lipinski definition) is 1. The zero-order chi connectivity index (χ0) is 27.1. The van der Waals surface area contributed by atoms with Crippen LogP contribution in [0.4, 0.5) is 9.59 Å². The van der Waals surface area contributed by atoms with E-state index in [9.17, 15) is 9.59 Å². The van der Waals surface area contributed by atoms with Crippen LogP contribution in [0.3, 0.4) is 0 Å². The van der Waals surface area contributed by atoms with Crippen LogP contribution in [0.1, 0.15) is 43.4 Å². The lowest BCUT2D eigenvalue weighted by Gasteiger charge is -2.53. The van der Waals surface area contributed by atoms with Crippen LogP contribution in [0.15, 0.2) is 48.5 Å². The predicted octanol–water partition coefficient (Wildman–Crippen LogP) is 5.10. The molecule has 5 atom stereocenters. The van der Waals surface area contributed by atoms with Crippen LogP contribution < -0.4 is 14.8 Å². The number of amides is 1. The van der Waals surface area contributed by atoms with Crippen LogP contribution in [0, 0.1) is 11.8 Å². The van der Waals surface area contributed by atoms with Crippen LogP contribution >= 0.6 is 0 Å². The van der Waals surface area contributed by atoms with E-state index in [4.69, 9.17) is 9.47 Å². The number of rotatable bonds is 6. The third kappa shape index (κ3) is 4.92. The van der Waals surface area contributed by atoms with E-state index in [-0.39, 0.29) is 12.0 Å². The van der Waals surface area contributed by atoms with Crippen molar-refractivity contribution in [2.75, 3.05) is 40.3 Å². The Morgan fingerprint density at radius 2 is 1.87 bits per heavy atom. The fourth-order valence-corrected chi connectivity index (χ4v) is 7.25. The van der Waals surface area contributed by atoms with E-state index in [1.807, 2.05) is 53.9 Å². The van der Waals surface area contributed by atoms with Gasteiger partial charge in [0.1, 0.15) is 11.5 Å². The molecule has 4 heterocycles. The van der Waals surface area contributed by atoms with Crippen molar-refractivity contribution < 1.29 is 19.1 Å². The SMILES string of the molecule is CC[C@H]1C[C@@H]2C[C@H]3c4c(c5cc(OC(=O)NCCN(C)C)ccc5n4C(=O)Oc4ccccc4)CCN(C2)[C@@H]13.